The maximum atomic E-state index is 6.04. The first-order chi connectivity index (χ1) is 8.33. The Bertz CT molecular complexity index is 625. The fourth-order valence-corrected chi connectivity index (χ4v) is 2.90. The van der Waals surface area contributed by atoms with E-state index in [2.05, 4.69) is 40.4 Å². The van der Waals surface area contributed by atoms with Gasteiger partial charge in [0.15, 0.2) is 0 Å². The van der Waals surface area contributed by atoms with E-state index in [1.165, 1.54) is 15.8 Å². The number of aryl methyl sites for hydroxylation is 2. The highest BCUT2D eigenvalue weighted by Crippen LogP contribution is 2.21. The Morgan fingerprint density at radius 1 is 1.18 bits per heavy atom. The second kappa shape index (κ2) is 4.55. The third-order valence-electron chi connectivity index (χ3n) is 2.92. The SMILES string of the molecule is Clc1ccc2ccn(CCc3cccs3)c2c1. The second-order valence-electron chi connectivity index (χ2n) is 4.04. The average molecular weight is 262 g/mol. The summed E-state index contributed by atoms with van der Waals surface area (Å²) in [5.74, 6) is 0. The van der Waals surface area contributed by atoms with Crippen molar-refractivity contribution < 1.29 is 0 Å². The Labute approximate surface area is 109 Å². The Balaban J connectivity index is 1.87. The summed E-state index contributed by atoms with van der Waals surface area (Å²) in [5.41, 5.74) is 1.22. The molecule has 0 atom stereocenters. The summed E-state index contributed by atoms with van der Waals surface area (Å²) in [6.07, 6.45) is 3.21. The number of thiophene rings is 1. The minimum atomic E-state index is 0.800. The largest absolute Gasteiger partial charge is 0.347 e. The Kier molecular flexibility index (Phi) is 2.91. The summed E-state index contributed by atoms with van der Waals surface area (Å²) in [7, 11) is 0. The minimum absolute atomic E-state index is 0.800. The van der Waals surface area contributed by atoms with Gasteiger partial charge in [-0.3, -0.25) is 0 Å². The van der Waals surface area contributed by atoms with Crippen molar-refractivity contribution in [3.05, 3.63) is 57.9 Å². The van der Waals surface area contributed by atoms with Crippen molar-refractivity contribution in [3.8, 4) is 0 Å². The molecule has 0 spiro atoms. The van der Waals surface area contributed by atoms with Crippen LogP contribution in [0.2, 0.25) is 5.02 Å². The Hall–Kier alpha value is -1.25. The predicted molar refractivity (Wildman–Crippen MR) is 75.0 cm³/mol. The summed E-state index contributed by atoms with van der Waals surface area (Å²) in [5, 5.41) is 4.18. The van der Waals surface area contributed by atoms with E-state index in [1.54, 1.807) is 0 Å². The molecule has 1 aromatic carbocycles. The van der Waals surface area contributed by atoms with Crippen molar-refractivity contribution in [2.75, 3.05) is 0 Å². The third kappa shape index (κ3) is 2.24. The Morgan fingerprint density at radius 2 is 2.12 bits per heavy atom. The quantitative estimate of drug-likeness (QED) is 0.649. The zero-order valence-corrected chi connectivity index (χ0v) is 10.8. The fraction of sp³-hybridized carbons (Fsp3) is 0.143. The smallest absolute Gasteiger partial charge is 0.0495 e. The molecule has 2 heterocycles. The van der Waals surface area contributed by atoms with Gasteiger partial charge in [0, 0.05) is 28.2 Å². The molecule has 0 aliphatic heterocycles. The molecule has 0 unspecified atom stereocenters. The van der Waals surface area contributed by atoms with Crippen molar-refractivity contribution >= 4 is 33.8 Å². The van der Waals surface area contributed by atoms with Gasteiger partial charge in [-0.1, -0.05) is 23.7 Å². The lowest BCUT2D eigenvalue weighted by Gasteiger charge is -2.04. The van der Waals surface area contributed by atoms with Crippen molar-refractivity contribution in [1.29, 1.82) is 0 Å². The molecule has 0 bridgehead atoms. The highest BCUT2D eigenvalue weighted by Gasteiger charge is 2.02. The van der Waals surface area contributed by atoms with Crippen LogP contribution in [0.15, 0.2) is 48.0 Å². The van der Waals surface area contributed by atoms with Crippen LogP contribution in [0, 0.1) is 0 Å². The van der Waals surface area contributed by atoms with Gasteiger partial charge >= 0.3 is 0 Å². The van der Waals surface area contributed by atoms with E-state index < -0.39 is 0 Å². The first-order valence-electron chi connectivity index (χ1n) is 5.60. The molecule has 1 nitrogen and oxygen atoms in total. The van der Waals surface area contributed by atoms with Crippen molar-refractivity contribution in [2.45, 2.75) is 13.0 Å². The molecule has 0 amide bonds. The number of benzene rings is 1. The number of aromatic nitrogens is 1. The van der Waals surface area contributed by atoms with Gasteiger partial charge in [0.25, 0.3) is 0 Å². The zero-order valence-electron chi connectivity index (χ0n) is 9.27. The van der Waals surface area contributed by atoms with Gasteiger partial charge in [0.1, 0.15) is 0 Å². The summed E-state index contributed by atoms with van der Waals surface area (Å²) in [6.45, 7) is 1.00. The molecule has 0 saturated carbocycles. The summed E-state index contributed by atoms with van der Waals surface area (Å²) >= 11 is 7.85. The van der Waals surface area contributed by atoms with Crippen molar-refractivity contribution in [3.63, 3.8) is 0 Å². The maximum Gasteiger partial charge on any atom is 0.0495 e. The summed E-state index contributed by atoms with van der Waals surface area (Å²) in [6, 6.07) is 12.5. The van der Waals surface area contributed by atoms with Crippen LogP contribution in [0.25, 0.3) is 10.9 Å². The molecule has 0 aliphatic carbocycles. The Morgan fingerprint density at radius 3 is 2.94 bits per heavy atom. The molecule has 86 valence electrons. The van der Waals surface area contributed by atoms with E-state index in [0.29, 0.717) is 0 Å². The van der Waals surface area contributed by atoms with Gasteiger partial charge in [-0.2, -0.15) is 0 Å². The molecule has 0 N–H and O–H groups in total. The number of hydrogen-bond donors (Lipinski definition) is 0. The van der Waals surface area contributed by atoms with E-state index >= 15 is 0 Å². The predicted octanol–water partition coefficient (Wildman–Crippen LogP) is 4.60. The molecule has 0 fully saturated rings. The van der Waals surface area contributed by atoms with Gasteiger partial charge < -0.3 is 4.57 Å². The lowest BCUT2D eigenvalue weighted by atomic mass is 10.2. The van der Waals surface area contributed by atoms with Gasteiger partial charge in [0.2, 0.25) is 0 Å². The molecule has 3 heteroatoms. The minimum Gasteiger partial charge on any atom is -0.347 e. The van der Waals surface area contributed by atoms with Crippen LogP contribution in [-0.4, -0.2) is 4.57 Å². The normalized spacial score (nSPS) is 11.1. The van der Waals surface area contributed by atoms with Crippen LogP contribution in [0.1, 0.15) is 4.88 Å². The van der Waals surface area contributed by atoms with Crippen LogP contribution in [0.5, 0.6) is 0 Å². The summed E-state index contributed by atoms with van der Waals surface area (Å²) < 4.78 is 2.26. The highest BCUT2D eigenvalue weighted by molar-refractivity contribution is 7.09. The topological polar surface area (TPSA) is 4.93 Å². The monoisotopic (exact) mass is 261 g/mol. The van der Waals surface area contributed by atoms with Gasteiger partial charge in [-0.05, 0) is 41.5 Å². The molecule has 0 radical (unpaired) electrons. The second-order valence-corrected chi connectivity index (χ2v) is 5.51. The number of halogens is 1. The first kappa shape index (κ1) is 10.9. The van der Waals surface area contributed by atoms with E-state index in [4.69, 9.17) is 11.6 Å². The van der Waals surface area contributed by atoms with Gasteiger partial charge in [-0.25, -0.2) is 0 Å². The van der Waals surface area contributed by atoms with Crippen LogP contribution in [0.3, 0.4) is 0 Å². The lowest BCUT2D eigenvalue weighted by Crippen LogP contribution is -1.98. The van der Waals surface area contributed by atoms with Crippen molar-refractivity contribution in [1.82, 2.24) is 4.57 Å². The van der Waals surface area contributed by atoms with E-state index in [0.717, 1.165) is 18.0 Å². The summed E-state index contributed by atoms with van der Waals surface area (Å²) in [4.78, 5) is 1.42. The number of hydrogen-bond acceptors (Lipinski definition) is 1. The molecule has 3 rings (SSSR count). The molecule has 0 aliphatic rings. The molecule has 2 aromatic heterocycles. The maximum absolute atomic E-state index is 6.04. The van der Waals surface area contributed by atoms with Crippen LogP contribution in [-0.2, 0) is 13.0 Å². The zero-order chi connectivity index (χ0) is 11.7. The van der Waals surface area contributed by atoms with Crippen molar-refractivity contribution in [2.24, 2.45) is 0 Å². The third-order valence-corrected chi connectivity index (χ3v) is 4.09. The fourth-order valence-electron chi connectivity index (χ4n) is 2.04. The average Bonchev–Trinajstić information content (AvgIpc) is 2.94. The first-order valence-corrected chi connectivity index (χ1v) is 6.85. The van der Waals surface area contributed by atoms with Crippen LogP contribution < -0.4 is 0 Å². The number of nitrogens with zero attached hydrogens (tertiary/aromatic N) is 1. The van der Waals surface area contributed by atoms with Gasteiger partial charge in [0.05, 0.1) is 0 Å². The number of fused-ring (bicyclic) bond motifs is 1. The molecule has 3 aromatic rings. The van der Waals surface area contributed by atoms with Gasteiger partial charge in [-0.15, -0.1) is 11.3 Å². The molecular weight excluding hydrogens is 250 g/mol. The van der Waals surface area contributed by atoms with E-state index in [-0.39, 0.29) is 0 Å². The molecular formula is C14H12ClNS. The van der Waals surface area contributed by atoms with Crippen LogP contribution in [0.4, 0.5) is 0 Å². The van der Waals surface area contributed by atoms with Crippen LogP contribution >= 0.6 is 22.9 Å². The molecule has 17 heavy (non-hydrogen) atoms. The lowest BCUT2D eigenvalue weighted by molar-refractivity contribution is 0.730. The molecule has 0 saturated heterocycles. The van der Waals surface area contributed by atoms with E-state index in [1.807, 2.05) is 23.5 Å². The number of rotatable bonds is 3. The standard InChI is InChI=1S/C14H12ClNS/c15-12-4-3-11-5-7-16(14(11)10-12)8-6-13-2-1-9-17-13/h1-5,7,9-10H,6,8H2. The highest BCUT2D eigenvalue weighted by atomic mass is 35.5. The van der Waals surface area contributed by atoms with E-state index in [9.17, 15) is 0 Å².